The largest absolute Gasteiger partial charge is 0.481 e. The van der Waals surface area contributed by atoms with Crippen molar-refractivity contribution < 1.29 is 23.1 Å². The fraction of sp³-hybridized carbons (Fsp3) is 0.889. The molecule has 88 valence electrons. The Bertz CT molecular complexity index is 321. The van der Waals surface area contributed by atoms with Gasteiger partial charge in [-0.15, -0.1) is 0 Å². The van der Waals surface area contributed by atoms with Crippen molar-refractivity contribution in [3.05, 3.63) is 0 Å². The minimum absolute atomic E-state index is 0.0168. The van der Waals surface area contributed by atoms with Gasteiger partial charge in [0.2, 0.25) is 0 Å². The summed E-state index contributed by atoms with van der Waals surface area (Å²) in [6.45, 7) is 2.33. The molecule has 1 heterocycles. The quantitative estimate of drug-likeness (QED) is 0.735. The molecule has 0 spiro atoms. The van der Waals surface area contributed by atoms with Crippen LogP contribution in [0.2, 0.25) is 0 Å². The van der Waals surface area contributed by atoms with E-state index in [1.165, 1.54) is 0 Å². The third kappa shape index (κ3) is 3.46. The zero-order chi connectivity index (χ0) is 11.5. The Hall–Kier alpha value is -0.620. The molecule has 1 aliphatic heterocycles. The molecule has 1 N–H and O–H groups in total. The van der Waals surface area contributed by atoms with Gasteiger partial charge in [-0.25, -0.2) is 8.42 Å². The van der Waals surface area contributed by atoms with Gasteiger partial charge in [0.25, 0.3) is 0 Å². The van der Waals surface area contributed by atoms with E-state index < -0.39 is 21.7 Å². The smallest absolute Gasteiger partial charge is 0.309 e. The van der Waals surface area contributed by atoms with E-state index in [-0.39, 0.29) is 24.0 Å². The van der Waals surface area contributed by atoms with E-state index in [0.717, 1.165) is 0 Å². The normalized spacial score (nSPS) is 26.3. The average Bonchev–Trinajstić information content (AvgIpc) is 2.46. The van der Waals surface area contributed by atoms with Gasteiger partial charge in [0.05, 0.1) is 24.0 Å². The van der Waals surface area contributed by atoms with Gasteiger partial charge in [0.1, 0.15) is 0 Å². The van der Waals surface area contributed by atoms with Crippen LogP contribution in [0, 0.1) is 11.8 Å². The van der Waals surface area contributed by atoms with Gasteiger partial charge in [0.15, 0.2) is 9.84 Å². The van der Waals surface area contributed by atoms with E-state index in [1.54, 1.807) is 6.92 Å². The lowest BCUT2D eigenvalue weighted by Gasteiger charge is -2.17. The minimum atomic E-state index is -3.02. The second kappa shape index (κ2) is 4.94. The van der Waals surface area contributed by atoms with E-state index in [4.69, 9.17) is 9.84 Å². The highest BCUT2D eigenvalue weighted by Gasteiger charge is 2.37. The molecule has 0 aromatic rings. The average molecular weight is 236 g/mol. The molecular weight excluding hydrogens is 220 g/mol. The number of aliphatic carboxylic acids is 1. The Balaban J connectivity index is 2.61. The van der Waals surface area contributed by atoms with Crippen molar-refractivity contribution in [3.8, 4) is 0 Å². The monoisotopic (exact) mass is 236 g/mol. The highest BCUT2D eigenvalue weighted by molar-refractivity contribution is 7.91. The third-order valence-electron chi connectivity index (χ3n) is 2.66. The van der Waals surface area contributed by atoms with Gasteiger partial charge in [-0.2, -0.15) is 0 Å². The number of carboxylic acids is 1. The fourth-order valence-electron chi connectivity index (χ4n) is 1.79. The van der Waals surface area contributed by atoms with Crippen LogP contribution in [0.5, 0.6) is 0 Å². The van der Waals surface area contributed by atoms with Crippen LogP contribution in [0.4, 0.5) is 0 Å². The molecule has 15 heavy (non-hydrogen) atoms. The summed E-state index contributed by atoms with van der Waals surface area (Å²) >= 11 is 0. The van der Waals surface area contributed by atoms with Crippen LogP contribution in [0.3, 0.4) is 0 Å². The minimum Gasteiger partial charge on any atom is -0.481 e. The molecule has 0 amide bonds. The summed E-state index contributed by atoms with van der Waals surface area (Å²) in [6, 6.07) is 0. The summed E-state index contributed by atoms with van der Waals surface area (Å²) in [5, 5.41) is 8.96. The fourth-order valence-corrected chi connectivity index (χ4v) is 3.67. The zero-order valence-electron chi connectivity index (χ0n) is 8.68. The second-order valence-electron chi connectivity index (χ2n) is 3.77. The number of sulfone groups is 1. The maximum atomic E-state index is 11.2. The van der Waals surface area contributed by atoms with E-state index in [0.29, 0.717) is 13.0 Å². The Morgan fingerprint density at radius 1 is 1.60 bits per heavy atom. The van der Waals surface area contributed by atoms with E-state index in [9.17, 15) is 13.2 Å². The highest BCUT2D eigenvalue weighted by atomic mass is 32.2. The summed E-state index contributed by atoms with van der Waals surface area (Å²) in [6.07, 6.45) is 0.437. The lowest BCUT2D eigenvalue weighted by molar-refractivity contribution is -0.145. The maximum Gasteiger partial charge on any atom is 0.309 e. The number of hydrogen-bond donors (Lipinski definition) is 1. The Morgan fingerprint density at radius 3 is 2.67 bits per heavy atom. The van der Waals surface area contributed by atoms with Crippen molar-refractivity contribution in [3.63, 3.8) is 0 Å². The summed E-state index contributed by atoms with van der Waals surface area (Å²) in [7, 11) is -3.02. The highest BCUT2D eigenvalue weighted by Crippen LogP contribution is 2.26. The second-order valence-corrected chi connectivity index (χ2v) is 6.00. The van der Waals surface area contributed by atoms with E-state index in [2.05, 4.69) is 0 Å². The topological polar surface area (TPSA) is 80.7 Å². The molecule has 0 aromatic heterocycles. The standard InChI is InChI=1S/C9H16O5S/c1-2-14-5-8(9(10)11)7-3-4-15(12,13)6-7/h7-8H,2-6H2,1H3,(H,10,11). The summed E-state index contributed by atoms with van der Waals surface area (Å²) in [5.74, 6) is -1.86. The first-order valence-electron chi connectivity index (χ1n) is 4.97. The first-order chi connectivity index (χ1) is 6.96. The molecule has 0 bridgehead atoms. The molecule has 1 aliphatic rings. The molecule has 0 aromatic carbocycles. The first-order valence-corrected chi connectivity index (χ1v) is 6.79. The lowest BCUT2D eigenvalue weighted by atomic mass is 9.93. The molecule has 1 saturated heterocycles. The Morgan fingerprint density at radius 2 is 2.27 bits per heavy atom. The van der Waals surface area contributed by atoms with E-state index >= 15 is 0 Å². The van der Waals surface area contributed by atoms with Gasteiger partial charge in [-0.1, -0.05) is 0 Å². The van der Waals surface area contributed by atoms with Crippen molar-refractivity contribution >= 4 is 15.8 Å². The van der Waals surface area contributed by atoms with Crippen LogP contribution in [0.15, 0.2) is 0 Å². The number of hydrogen-bond acceptors (Lipinski definition) is 4. The molecule has 0 radical (unpaired) electrons. The van der Waals surface area contributed by atoms with Crippen molar-refractivity contribution in [2.75, 3.05) is 24.7 Å². The summed E-state index contributed by atoms with van der Waals surface area (Å²) in [5.41, 5.74) is 0. The number of rotatable bonds is 5. The van der Waals surface area contributed by atoms with Crippen LogP contribution in [-0.4, -0.2) is 44.2 Å². The Labute approximate surface area is 89.3 Å². The number of carbonyl (C=O) groups is 1. The zero-order valence-corrected chi connectivity index (χ0v) is 9.50. The van der Waals surface area contributed by atoms with Gasteiger partial charge < -0.3 is 9.84 Å². The van der Waals surface area contributed by atoms with Crippen LogP contribution < -0.4 is 0 Å². The van der Waals surface area contributed by atoms with Crippen molar-refractivity contribution in [1.82, 2.24) is 0 Å². The molecule has 1 fully saturated rings. The molecule has 0 saturated carbocycles. The van der Waals surface area contributed by atoms with Crippen LogP contribution in [0.25, 0.3) is 0 Å². The van der Waals surface area contributed by atoms with Gasteiger partial charge in [-0.05, 0) is 19.3 Å². The molecular formula is C9H16O5S. The molecule has 6 heteroatoms. The Kier molecular flexibility index (Phi) is 4.10. The third-order valence-corrected chi connectivity index (χ3v) is 4.45. The number of carboxylic acid groups (broad SMARTS) is 1. The van der Waals surface area contributed by atoms with Crippen LogP contribution >= 0.6 is 0 Å². The molecule has 2 atom stereocenters. The lowest BCUT2D eigenvalue weighted by Crippen LogP contribution is -2.29. The van der Waals surface area contributed by atoms with Gasteiger partial charge >= 0.3 is 5.97 Å². The molecule has 1 rings (SSSR count). The SMILES string of the molecule is CCOCC(C(=O)O)C1CCS(=O)(=O)C1. The van der Waals surface area contributed by atoms with Gasteiger partial charge in [-0.3, -0.25) is 4.79 Å². The van der Waals surface area contributed by atoms with Crippen LogP contribution in [0.1, 0.15) is 13.3 Å². The van der Waals surface area contributed by atoms with Crippen molar-refractivity contribution in [2.24, 2.45) is 11.8 Å². The van der Waals surface area contributed by atoms with Crippen LogP contribution in [-0.2, 0) is 19.4 Å². The number of ether oxygens (including phenoxy) is 1. The summed E-state index contributed by atoms with van der Waals surface area (Å²) < 4.78 is 27.5. The van der Waals surface area contributed by atoms with Crippen molar-refractivity contribution in [1.29, 1.82) is 0 Å². The van der Waals surface area contributed by atoms with Crippen molar-refractivity contribution in [2.45, 2.75) is 13.3 Å². The predicted octanol–water partition coefficient (Wildman–Crippen LogP) is 0.158. The van der Waals surface area contributed by atoms with E-state index in [1.807, 2.05) is 0 Å². The molecule has 0 aliphatic carbocycles. The molecule has 5 nitrogen and oxygen atoms in total. The predicted molar refractivity (Wildman–Crippen MR) is 54.4 cm³/mol. The van der Waals surface area contributed by atoms with Gasteiger partial charge in [0, 0.05) is 6.61 Å². The molecule has 2 unspecified atom stereocenters. The summed E-state index contributed by atoms with van der Waals surface area (Å²) in [4.78, 5) is 10.9. The first kappa shape index (κ1) is 12.4. The maximum absolute atomic E-state index is 11.2.